The topological polar surface area (TPSA) is 75.7 Å². The molecule has 27 heavy (non-hydrogen) atoms. The summed E-state index contributed by atoms with van der Waals surface area (Å²) in [5.74, 6) is -2.57. The number of fused-ring (bicyclic) bond motifs is 1. The third-order valence-electron chi connectivity index (χ3n) is 4.10. The van der Waals surface area contributed by atoms with Gasteiger partial charge in [0.15, 0.2) is 12.4 Å². The van der Waals surface area contributed by atoms with Crippen LogP contribution in [0.3, 0.4) is 0 Å². The number of rotatable bonds is 5. The summed E-state index contributed by atoms with van der Waals surface area (Å²) in [7, 11) is 0. The first-order valence-electron chi connectivity index (χ1n) is 8.19. The molecule has 2 aromatic carbocycles. The molecule has 2 amide bonds. The van der Waals surface area contributed by atoms with E-state index in [1.165, 1.54) is 24.0 Å². The smallest absolute Gasteiger partial charge is 0.265 e. The first-order chi connectivity index (χ1) is 12.9. The highest BCUT2D eigenvalue weighted by Crippen LogP contribution is 2.33. The third-order valence-corrected chi connectivity index (χ3v) is 4.10. The Morgan fingerprint density at radius 3 is 2.56 bits per heavy atom. The number of nitrogens with zero attached hydrogens (tertiary/aromatic N) is 1. The number of carbonyl (C=O) groups excluding carboxylic acids is 3. The summed E-state index contributed by atoms with van der Waals surface area (Å²) in [5.41, 5.74) is 0.244. The monoisotopic (exact) mass is 374 g/mol. The summed E-state index contributed by atoms with van der Waals surface area (Å²) in [5, 5.41) is 2.17. The molecule has 0 atom stereocenters. The van der Waals surface area contributed by atoms with Crippen molar-refractivity contribution in [1.82, 2.24) is 0 Å². The van der Waals surface area contributed by atoms with Gasteiger partial charge in [0.05, 0.1) is 5.69 Å². The third kappa shape index (κ3) is 3.94. The van der Waals surface area contributed by atoms with Gasteiger partial charge in [0, 0.05) is 18.5 Å². The van der Waals surface area contributed by atoms with Gasteiger partial charge in [0.25, 0.3) is 5.91 Å². The summed E-state index contributed by atoms with van der Waals surface area (Å²) in [6.45, 7) is 1.17. The van der Waals surface area contributed by atoms with Crippen LogP contribution in [0, 0.1) is 11.6 Å². The second kappa shape index (κ2) is 7.53. The molecule has 0 radical (unpaired) electrons. The van der Waals surface area contributed by atoms with Gasteiger partial charge < -0.3 is 15.0 Å². The van der Waals surface area contributed by atoms with Crippen LogP contribution in [0.15, 0.2) is 36.4 Å². The number of amides is 2. The fourth-order valence-corrected chi connectivity index (χ4v) is 2.70. The molecule has 1 heterocycles. The first-order valence-corrected chi connectivity index (χ1v) is 8.19. The zero-order chi connectivity index (χ0) is 19.6. The molecule has 0 aromatic heterocycles. The molecule has 2 aromatic rings. The van der Waals surface area contributed by atoms with Gasteiger partial charge in [-0.25, -0.2) is 8.78 Å². The van der Waals surface area contributed by atoms with E-state index in [-0.39, 0.29) is 31.3 Å². The molecule has 0 saturated carbocycles. The molecule has 3 rings (SSSR count). The number of Topliss-reactive ketones (excluding diaryl/α,β-unsaturated/α-hetero) is 1. The molecule has 1 aliphatic rings. The fraction of sp³-hybridized carbons (Fsp3) is 0.211. The van der Waals surface area contributed by atoms with Crippen molar-refractivity contribution < 1.29 is 27.9 Å². The lowest BCUT2D eigenvalue weighted by Gasteiger charge is -2.29. The van der Waals surface area contributed by atoms with Crippen LogP contribution in [0.2, 0.25) is 0 Å². The molecule has 0 saturated heterocycles. The lowest BCUT2D eigenvalue weighted by atomic mass is 10.1. The van der Waals surface area contributed by atoms with Gasteiger partial charge in [-0.1, -0.05) is 6.07 Å². The Labute approximate surface area is 153 Å². The average Bonchev–Trinajstić information content (AvgIpc) is 2.63. The molecule has 140 valence electrons. The van der Waals surface area contributed by atoms with E-state index in [1.807, 2.05) is 0 Å². The van der Waals surface area contributed by atoms with Gasteiger partial charge >= 0.3 is 0 Å². The summed E-state index contributed by atoms with van der Waals surface area (Å²) in [6, 6.07) is 7.94. The fourth-order valence-electron chi connectivity index (χ4n) is 2.70. The Morgan fingerprint density at radius 1 is 1.19 bits per heavy atom. The van der Waals surface area contributed by atoms with Crippen molar-refractivity contribution in [3.63, 3.8) is 0 Å². The van der Waals surface area contributed by atoms with Crippen molar-refractivity contribution in [2.45, 2.75) is 13.3 Å². The molecule has 6 nitrogen and oxygen atoms in total. The molecule has 0 unspecified atom stereocenters. The molecular formula is C19H16F2N2O4. The normalized spacial score (nSPS) is 13.0. The van der Waals surface area contributed by atoms with Crippen molar-refractivity contribution in [3.8, 4) is 5.75 Å². The van der Waals surface area contributed by atoms with Crippen LogP contribution in [0.1, 0.15) is 23.7 Å². The molecule has 1 N–H and O–H groups in total. The maximum absolute atomic E-state index is 13.6. The predicted molar refractivity (Wildman–Crippen MR) is 93.9 cm³/mol. The van der Waals surface area contributed by atoms with E-state index in [2.05, 4.69) is 5.32 Å². The molecule has 0 spiro atoms. The highest BCUT2D eigenvalue weighted by Gasteiger charge is 2.27. The van der Waals surface area contributed by atoms with E-state index < -0.39 is 23.2 Å². The molecule has 8 heteroatoms. The molecule has 1 aliphatic heterocycles. The van der Waals surface area contributed by atoms with E-state index >= 15 is 0 Å². The van der Waals surface area contributed by atoms with Crippen molar-refractivity contribution >= 4 is 29.0 Å². The number of hydrogen-bond donors (Lipinski definition) is 1. The highest BCUT2D eigenvalue weighted by atomic mass is 19.1. The van der Waals surface area contributed by atoms with Gasteiger partial charge in [-0.05, 0) is 37.3 Å². The number of halogens is 2. The summed E-state index contributed by atoms with van der Waals surface area (Å²) < 4.78 is 32.6. The zero-order valence-electron chi connectivity index (χ0n) is 14.4. The van der Waals surface area contributed by atoms with Crippen molar-refractivity contribution in [3.05, 3.63) is 53.6 Å². The summed E-state index contributed by atoms with van der Waals surface area (Å²) in [4.78, 5) is 37.2. The Balaban J connectivity index is 1.74. The second-order valence-corrected chi connectivity index (χ2v) is 5.97. The standard InChI is InChI=1S/C19H16F2N2O4/c1-11(24)12-5-6-16-15(9-12)23(18(26)10-27-16)8-7-17(25)22-19-13(20)3-2-4-14(19)21/h2-6,9H,7-8,10H2,1H3,(H,22,25). The maximum atomic E-state index is 13.6. The Bertz CT molecular complexity index is 910. The number of para-hydroxylation sites is 1. The van der Waals surface area contributed by atoms with Gasteiger partial charge in [0.2, 0.25) is 5.91 Å². The van der Waals surface area contributed by atoms with E-state index in [4.69, 9.17) is 4.74 Å². The number of hydrogen-bond acceptors (Lipinski definition) is 4. The van der Waals surface area contributed by atoms with Gasteiger partial charge in [-0.3, -0.25) is 14.4 Å². The number of ketones is 1. The first kappa shape index (κ1) is 18.5. The largest absolute Gasteiger partial charge is 0.482 e. The highest BCUT2D eigenvalue weighted by molar-refractivity contribution is 6.02. The van der Waals surface area contributed by atoms with Gasteiger partial charge in [-0.15, -0.1) is 0 Å². The van der Waals surface area contributed by atoms with E-state index in [0.717, 1.165) is 12.1 Å². The molecule has 0 aliphatic carbocycles. The Hall–Kier alpha value is -3.29. The van der Waals surface area contributed by atoms with Crippen LogP contribution in [0.5, 0.6) is 5.75 Å². The van der Waals surface area contributed by atoms with Crippen LogP contribution in [0.4, 0.5) is 20.2 Å². The van der Waals surface area contributed by atoms with Crippen LogP contribution in [-0.4, -0.2) is 30.7 Å². The van der Waals surface area contributed by atoms with Crippen LogP contribution in [-0.2, 0) is 9.59 Å². The minimum Gasteiger partial charge on any atom is -0.482 e. The Morgan fingerprint density at radius 2 is 1.89 bits per heavy atom. The minimum absolute atomic E-state index is 0.0293. The predicted octanol–water partition coefficient (Wildman–Crippen LogP) is 2.92. The zero-order valence-corrected chi connectivity index (χ0v) is 14.4. The molecular weight excluding hydrogens is 358 g/mol. The van der Waals surface area contributed by atoms with E-state index in [9.17, 15) is 23.2 Å². The number of anilines is 2. The maximum Gasteiger partial charge on any atom is 0.265 e. The van der Waals surface area contributed by atoms with Crippen LogP contribution in [0.25, 0.3) is 0 Å². The summed E-state index contributed by atoms with van der Waals surface area (Å²) >= 11 is 0. The second-order valence-electron chi connectivity index (χ2n) is 5.97. The molecule has 0 fully saturated rings. The van der Waals surface area contributed by atoms with Crippen LogP contribution < -0.4 is 15.0 Å². The number of ether oxygens (including phenoxy) is 1. The van der Waals surface area contributed by atoms with Crippen molar-refractivity contribution in [1.29, 1.82) is 0 Å². The quantitative estimate of drug-likeness (QED) is 0.817. The molecule has 0 bridgehead atoms. The van der Waals surface area contributed by atoms with Gasteiger partial charge in [-0.2, -0.15) is 0 Å². The number of benzene rings is 2. The Kier molecular flexibility index (Phi) is 5.16. The van der Waals surface area contributed by atoms with Crippen LogP contribution >= 0.6 is 0 Å². The van der Waals surface area contributed by atoms with E-state index in [1.54, 1.807) is 12.1 Å². The van der Waals surface area contributed by atoms with Crippen molar-refractivity contribution in [2.24, 2.45) is 0 Å². The SMILES string of the molecule is CC(=O)c1ccc2c(c1)N(CCC(=O)Nc1c(F)cccc1F)C(=O)CO2. The van der Waals surface area contributed by atoms with Gasteiger partial charge in [0.1, 0.15) is 23.1 Å². The van der Waals surface area contributed by atoms with E-state index in [0.29, 0.717) is 17.0 Å². The lowest BCUT2D eigenvalue weighted by molar-refractivity contribution is -0.121. The number of carbonyl (C=O) groups is 3. The lowest BCUT2D eigenvalue weighted by Crippen LogP contribution is -2.40. The van der Waals surface area contributed by atoms with Crippen molar-refractivity contribution in [2.75, 3.05) is 23.4 Å². The summed E-state index contributed by atoms with van der Waals surface area (Å²) in [6.07, 6.45) is -0.191. The number of nitrogens with one attached hydrogen (secondary N) is 1. The average molecular weight is 374 g/mol. The minimum atomic E-state index is -0.887.